The summed E-state index contributed by atoms with van der Waals surface area (Å²) in [4.78, 5) is 27.0. The number of pyridine rings is 1. The van der Waals surface area contributed by atoms with E-state index in [9.17, 15) is 9.59 Å². The predicted octanol–water partition coefficient (Wildman–Crippen LogP) is 3.04. The molecule has 21 heavy (non-hydrogen) atoms. The number of amides is 2. The zero-order valence-corrected chi connectivity index (χ0v) is 11.7. The Morgan fingerprint density at radius 1 is 1.14 bits per heavy atom. The van der Waals surface area contributed by atoms with Crippen LogP contribution >= 0.6 is 0 Å². The van der Waals surface area contributed by atoms with Crippen LogP contribution in [-0.2, 0) is 0 Å². The molecule has 0 saturated heterocycles. The molecule has 0 atom stereocenters. The zero-order chi connectivity index (χ0) is 15.4. The van der Waals surface area contributed by atoms with Gasteiger partial charge in [-0.15, -0.1) is 0 Å². The molecule has 0 bridgehead atoms. The third kappa shape index (κ3) is 3.56. The molecule has 6 heteroatoms. The summed E-state index contributed by atoms with van der Waals surface area (Å²) in [7, 11) is 0. The maximum atomic E-state index is 11.9. The van der Waals surface area contributed by atoms with Crippen LogP contribution in [0.3, 0.4) is 0 Å². The second-order valence-electron chi connectivity index (χ2n) is 4.61. The Hall–Kier alpha value is -2.89. The fourth-order valence-electron chi connectivity index (χ4n) is 1.91. The lowest BCUT2D eigenvalue weighted by Gasteiger charge is -2.11. The Morgan fingerprint density at radius 3 is 2.57 bits per heavy atom. The van der Waals surface area contributed by atoms with Crippen molar-refractivity contribution in [1.82, 2.24) is 4.98 Å². The number of aromatic nitrogens is 1. The SMILES string of the molecule is Cc1cncc(NC(=O)Nc2cccc(C(=O)O)c2C)c1. The van der Waals surface area contributed by atoms with E-state index in [0.717, 1.165) is 5.56 Å². The van der Waals surface area contributed by atoms with Gasteiger partial charge in [0.05, 0.1) is 17.4 Å². The predicted molar refractivity (Wildman–Crippen MR) is 79.8 cm³/mol. The molecule has 6 nitrogen and oxygen atoms in total. The number of carbonyl (C=O) groups is 2. The van der Waals surface area contributed by atoms with Crippen LogP contribution in [0.4, 0.5) is 16.2 Å². The molecule has 0 aliphatic heterocycles. The first kappa shape index (κ1) is 14.5. The van der Waals surface area contributed by atoms with Crippen LogP contribution in [0.1, 0.15) is 21.5 Å². The second kappa shape index (κ2) is 6.04. The molecule has 1 aromatic carbocycles. The van der Waals surface area contributed by atoms with Crippen LogP contribution in [0.25, 0.3) is 0 Å². The molecule has 1 heterocycles. The maximum absolute atomic E-state index is 11.9. The van der Waals surface area contributed by atoms with E-state index in [2.05, 4.69) is 15.6 Å². The van der Waals surface area contributed by atoms with Crippen molar-refractivity contribution in [2.45, 2.75) is 13.8 Å². The number of urea groups is 1. The number of nitrogens with zero attached hydrogens (tertiary/aromatic N) is 1. The number of nitrogens with one attached hydrogen (secondary N) is 2. The third-order valence-corrected chi connectivity index (χ3v) is 2.95. The number of benzene rings is 1. The Kier molecular flexibility index (Phi) is 4.18. The van der Waals surface area contributed by atoms with Gasteiger partial charge in [0, 0.05) is 11.9 Å². The van der Waals surface area contributed by atoms with Gasteiger partial charge in [-0.25, -0.2) is 9.59 Å². The fourth-order valence-corrected chi connectivity index (χ4v) is 1.91. The Labute approximate surface area is 121 Å². The standard InChI is InChI=1S/C15H15N3O3/c1-9-6-11(8-16-7-9)17-15(21)18-13-5-3-4-12(10(13)2)14(19)20/h3-8H,1-2H3,(H,19,20)(H2,17,18,21). The molecular weight excluding hydrogens is 270 g/mol. The Morgan fingerprint density at radius 2 is 1.90 bits per heavy atom. The van der Waals surface area contributed by atoms with Crippen LogP contribution in [-0.4, -0.2) is 22.1 Å². The number of hydrogen-bond acceptors (Lipinski definition) is 3. The van der Waals surface area contributed by atoms with E-state index in [1.807, 2.05) is 6.92 Å². The molecule has 108 valence electrons. The number of rotatable bonds is 3. The van der Waals surface area contributed by atoms with Crippen molar-refractivity contribution in [2.75, 3.05) is 10.6 Å². The van der Waals surface area contributed by atoms with Crippen LogP contribution in [0.5, 0.6) is 0 Å². The average molecular weight is 285 g/mol. The molecule has 3 N–H and O–H groups in total. The lowest BCUT2D eigenvalue weighted by atomic mass is 10.1. The van der Waals surface area contributed by atoms with Crippen molar-refractivity contribution in [2.24, 2.45) is 0 Å². The number of aromatic carboxylic acids is 1. The number of hydrogen-bond donors (Lipinski definition) is 3. The van der Waals surface area contributed by atoms with E-state index >= 15 is 0 Å². The maximum Gasteiger partial charge on any atom is 0.336 e. The van der Waals surface area contributed by atoms with Crippen molar-refractivity contribution < 1.29 is 14.7 Å². The molecule has 2 rings (SSSR count). The topological polar surface area (TPSA) is 91.3 Å². The first-order valence-corrected chi connectivity index (χ1v) is 6.30. The minimum Gasteiger partial charge on any atom is -0.478 e. The highest BCUT2D eigenvalue weighted by Crippen LogP contribution is 2.19. The van der Waals surface area contributed by atoms with E-state index in [1.54, 1.807) is 31.3 Å². The lowest BCUT2D eigenvalue weighted by Crippen LogP contribution is -2.20. The molecule has 1 aromatic heterocycles. The van der Waals surface area contributed by atoms with Gasteiger partial charge < -0.3 is 15.7 Å². The molecule has 2 amide bonds. The second-order valence-corrected chi connectivity index (χ2v) is 4.61. The fraction of sp³-hybridized carbons (Fsp3) is 0.133. The van der Waals surface area contributed by atoms with E-state index < -0.39 is 12.0 Å². The van der Waals surface area contributed by atoms with Gasteiger partial charge in [0.15, 0.2) is 0 Å². The molecule has 0 aliphatic carbocycles. The highest BCUT2D eigenvalue weighted by Gasteiger charge is 2.12. The van der Waals surface area contributed by atoms with Gasteiger partial charge >= 0.3 is 12.0 Å². The smallest absolute Gasteiger partial charge is 0.336 e. The quantitative estimate of drug-likeness (QED) is 0.808. The molecule has 0 unspecified atom stereocenters. The van der Waals surface area contributed by atoms with E-state index in [-0.39, 0.29) is 5.56 Å². The minimum absolute atomic E-state index is 0.157. The van der Waals surface area contributed by atoms with Crippen molar-refractivity contribution >= 4 is 23.4 Å². The number of carbonyl (C=O) groups excluding carboxylic acids is 1. The number of carboxylic acids is 1. The van der Waals surface area contributed by atoms with E-state index in [0.29, 0.717) is 16.9 Å². The zero-order valence-electron chi connectivity index (χ0n) is 11.7. The van der Waals surface area contributed by atoms with Crippen molar-refractivity contribution in [1.29, 1.82) is 0 Å². The number of aryl methyl sites for hydroxylation is 1. The monoisotopic (exact) mass is 285 g/mol. The summed E-state index contributed by atoms with van der Waals surface area (Å²) in [6.45, 7) is 3.52. The molecule has 0 aliphatic rings. The van der Waals surface area contributed by atoms with Gasteiger partial charge in [-0.1, -0.05) is 6.07 Å². The van der Waals surface area contributed by atoms with Crippen LogP contribution < -0.4 is 10.6 Å². The van der Waals surface area contributed by atoms with Crippen LogP contribution in [0.2, 0.25) is 0 Å². The Balaban J connectivity index is 2.13. The summed E-state index contributed by atoms with van der Waals surface area (Å²) in [5.41, 5.74) is 2.61. The third-order valence-electron chi connectivity index (χ3n) is 2.95. The number of carboxylic acid groups (broad SMARTS) is 1. The molecule has 0 spiro atoms. The van der Waals surface area contributed by atoms with Crippen molar-refractivity contribution in [3.63, 3.8) is 0 Å². The summed E-state index contributed by atoms with van der Waals surface area (Å²) in [5.74, 6) is -1.03. The summed E-state index contributed by atoms with van der Waals surface area (Å²) in [6.07, 6.45) is 3.22. The molecule has 2 aromatic rings. The van der Waals surface area contributed by atoms with Crippen molar-refractivity contribution in [3.05, 3.63) is 53.3 Å². The van der Waals surface area contributed by atoms with Gasteiger partial charge in [0.25, 0.3) is 0 Å². The highest BCUT2D eigenvalue weighted by atomic mass is 16.4. The molecule has 0 radical (unpaired) electrons. The Bertz CT molecular complexity index is 698. The first-order valence-electron chi connectivity index (χ1n) is 6.30. The van der Waals surface area contributed by atoms with Crippen molar-refractivity contribution in [3.8, 4) is 0 Å². The minimum atomic E-state index is -1.03. The normalized spacial score (nSPS) is 10.0. The summed E-state index contributed by atoms with van der Waals surface area (Å²) in [5, 5.41) is 14.3. The number of anilines is 2. The summed E-state index contributed by atoms with van der Waals surface area (Å²) >= 11 is 0. The van der Waals surface area contributed by atoms with Gasteiger partial charge in [-0.05, 0) is 43.2 Å². The summed E-state index contributed by atoms with van der Waals surface area (Å²) in [6, 6.07) is 6.06. The van der Waals surface area contributed by atoms with Gasteiger partial charge in [-0.2, -0.15) is 0 Å². The van der Waals surface area contributed by atoms with E-state index in [1.165, 1.54) is 12.3 Å². The molecule has 0 saturated carbocycles. The summed E-state index contributed by atoms with van der Waals surface area (Å²) < 4.78 is 0. The lowest BCUT2D eigenvalue weighted by molar-refractivity contribution is 0.0696. The average Bonchev–Trinajstić information content (AvgIpc) is 2.40. The highest BCUT2D eigenvalue weighted by molar-refractivity contribution is 6.01. The van der Waals surface area contributed by atoms with E-state index in [4.69, 9.17) is 5.11 Å². The van der Waals surface area contributed by atoms with Gasteiger partial charge in [-0.3, -0.25) is 4.98 Å². The van der Waals surface area contributed by atoms with Crippen LogP contribution in [0, 0.1) is 13.8 Å². The molecule has 0 fully saturated rings. The largest absolute Gasteiger partial charge is 0.478 e. The van der Waals surface area contributed by atoms with Gasteiger partial charge in [0.2, 0.25) is 0 Å². The molecular formula is C15H15N3O3. The first-order chi connectivity index (χ1) is 9.97. The van der Waals surface area contributed by atoms with Crippen LogP contribution in [0.15, 0.2) is 36.7 Å². The van der Waals surface area contributed by atoms with Gasteiger partial charge in [0.1, 0.15) is 0 Å².